The Morgan fingerprint density at radius 1 is 1.24 bits per heavy atom. The van der Waals surface area contributed by atoms with Crippen LogP contribution in [0.2, 0.25) is 5.02 Å². The van der Waals surface area contributed by atoms with E-state index in [0.29, 0.717) is 11.6 Å². The number of hydrogen-bond acceptors (Lipinski definition) is 1. The minimum Gasteiger partial charge on any atom is -0.382 e. The molecule has 0 saturated heterocycles. The third kappa shape index (κ3) is 4.29. The molecular weight excluding hydrogens is 299 g/mol. The van der Waals surface area contributed by atoms with Crippen LogP contribution in [0.5, 0.6) is 0 Å². The normalized spacial score (nSPS) is 25.7. The lowest BCUT2D eigenvalue weighted by Gasteiger charge is -2.39. The first kappa shape index (κ1) is 16.5. The van der Waals surface area contributed by atoms with E-state index < -0.39 is 11.7 Å². The van der Waals surface area contributed by atoms with Crippen LogP contribution in [0.3, 0.4) is 0 Å². The molecule has 0 bridgehead atoms. The van der Waals surface area contributed by atoms with Gasteiger partial charge in [-0.15, -0.1) is 0 Å². The van der Waals surface area contributed by atoms with Crippen LogP contribution in [0.15, 0.2) is 18.2 Å². The number of alkyl halides is 3. The summed E-state index contributed by atoms with van der Waals surface area (Å²) >= 11 is 5.64. The molecule has 0 aliphatic heterocycles. The molecule has 1 N–H and O–H groups in total. The molecule has 0 radical (unpaired) electrons. The van der Waals surface area contributed by atoms with Crippen LogP contribution < -0.4 is 5.32 Å². The molecule has 1 fully saturated rings. The first-order valence-electron chi connectivity index (χ1n) is 7.20. The monoisotopic (exact) mass is 319 g/mol. The predicted octanol–water partition coefficient (Wildman–Crippen LogP) is 5.99. The average Bonchev–Trinajstić information content (AvgIpc) is 2.27. The molecule has 1 nitrogen and oxygen atoms in total. The van der Waals surface area contributed by atoms with E-state index in [-0.39, 0.29) is 16.5 Å². The third-order valence-electron chi connectivity index (χ3n) is 4.03. The van der Waals surface area contributed by atoms with Gasteiger partial charge in [-0.3, -0.25) is 0 Å². The Bertz CT molecular complexity index is 511. The zero-order valence-corrected chi connectivity index (χ0v) is 13.3. The Labute approximate surface area is 128 Å². The zero-order valence-electron chi connectivity index (χ0n) is 12.5. The van der Waals surface area contributed by atoms with Gasteiger partial charge in [0.05, 0.1) is 10.6 Å². The van der Waals surface area contributed by atoms with E-state index in [9.17, 15) is 13.2 Å². The second-order valence-corrected chi connectivity index (χ2v) is 7.35. The molecule has 21 heavy (non-hydrogen) atoms. The lowest BCUT2D eigenvalue weighted by Crippen LogP contribution is -2.35. The molecule has 1 aromatic rings. The van der Waals surface area contributed by atoms with Gasteiger partial charge in [-0.05, 0) is 48.8 Å². The lowest BCUT2D eigenvalue weighted by atomic mass is 9.70. The summed E-state index contributed by atoms with van der Waals surface area (Å²) < 4.78 is 38.6. The number of benzene rings is 1. The van der Waals surface area contributed by atoms with Gasteiger partial charge in [0.25, 0.3) is 0 Å². The Kier molecular flexibility index (Phi) is 4.48. The van der Waals surface area contributed by atoms with E-state index in [1.807, 2.05) is 0 Å². The van der Waals surface area contributed by atoms with Gasteiger partial charge in [0, 0.05) is 11.7 Å². The van der Waals surface area contributed by atoms with Gasteiger partial charge in [0.15, 0.2) is 0 Å². The van der Waals surface area contributed by atoms with Gasteiger partial charge < -0.3 is 5.32 Å². The first-order valence-corrected chi connectivity index (χ1v) is 7.58. The average molecular weight is 320 g/mol. The van der Waals surface area contributed by atoms with Gasteiger partial charge >= 0.3 is 6.18 Å². The van der Waals surface area contributed by atoms with Crippen LogP contribution in [0.25, 0.3) is 0 Å². The highest BCUT2D eigenvalue weighted by Crippen LogP contribution is 2.40. The fraction of sp³-hybridized carbons (Fsp3) is 0.625. The highest BCUT2D eigenvalue weighted by molar-refractivity contribution is 6.31. The number of nitrogens with one attached hydrogen (secondary N) is 1. The summed E-state index contributed by atoms with van der Waals surface area (Å²) in [7, 11) is 0. The smallest absolute Gasteiger partial charge is 0.382 e. The molecule has 5 heteroatoms. The molecule has 1 saturated carbocycles. The maximum Gasteiger partial charge on any atom is 0.417 e. The highest BCUT2D eigenvalue weighted by atomic mass is 35.5. The molecule has 0 aromatic heterocycles. The number of hydrogen-bond donors (Lipinski definition) is 1. The summed E-state index contributed by atoms with van der Waals surface area (Å²) in [6, 6.07) is 4.23. The van der Waals surface area contributed by atoms with Gasteiger partial charge in [-0.2, -0.15) is 13.2 Å². The summed E-state index contributed by atoms with van der Waals surface area (Å²) in [6.07, 6.45) is -1.33. The second kappa shape index (κ2) is 5.71. The van der Waals surface area contributed by atoms with Crippen molar-refractivity contribution in [3.8, 4) is 0 Å². The molecule has 1 aliphatic carbocycles. The molecule has 0 amide bonds. The maximum atomic E-state index is 12.9. The van der Waals surface area contributed by atoms with Crippen molar-refractivity contribution >= 4 is 17.3 Å². The van der Waals surface area contributed by atoms with Crippen molar-refractivity contribution in [2.45, 2.75) is 52.3 Å². The molecular formula is C16H21ClF3N. The molecule has 2 atom stereocenters. The first-order chi connectivity index (χ1) is 9.57. The minimum absolute atomic E-state index is 0.200. The Hall–Kier alpha value is -0.900. The molecule has 1 aliphatic rings. The standard InChI is InChI=1S/C16H21ClF3N/c1-10-6-12(9-15(2,3)8-10)21-11-4-5-14(17)13(7-11)16(18,19)20/h4-5,7,10,12,21H,6,8-9H2,1-3H3. The third-order valence-corrected chi connectivity index (χ3v) is 4.36. The number of halogens is 4. The van der Waals surface area contributed by atoms with Gasteiger partial charge in [0.1, 0.15) is 0 Å². The summed E-state index contributed by atoms with van der Waals surface area (Å²) in [6.45, 7) is 6.61. The fourth-order valence-electron chi connectivity index (χ4n) is 3.52. The van der Waals surface area contributed by atoms with E-state index in [2.05, 4.69) is 26.1 Å². The van der Waals surface area contributed by atoms with Crippen molar-refractivity contribution in [3.05, 3.63) is 28.8 Å². The number of anilines is 1. The van der Waals surface area contributed by atoms with Crippen LogP contribution in [0.4, 0.5) is 18.9 Å². The fourth-order valence-corrected chi connectivity index (χ4v) is 3.75. The summed E-state index contributed by atoms with van der Waals surface area (Å²) in [5.41, 5.74) is -0.0758. The number of rotatable bonds is 2. The van der Waals surface area contributed by atoms with Crippen LogP contribution in [0.1, 0.15) is 45.6 Å². The van der Waals surface area contributed by atoms with E-state index in [4.69, 9.17) is 11.6 Å². The van der Waals surface area contributed by atoms with E-state index >= 15 is 0 Å². The van der Waals surface area contributed by atoms with Crippen molar-refractivity contribution < 1.29 is 13.2 Å². The van der Waals surface area contributed by atoms with Crippen molar-refractivity contribution in [1.29, 1.82) is 0 Å². The van der Waals surface area contributed by atoms with Gasteiger partial charge in [-0.25, -0.2) is 0 Å². The van der Waals surface area contributed by atoms with Crippen LogP contribution in [0, 0.1) is 11.3 Å². The van der Waals surface area contributed by atoms with E-state index in [1.54, 1.807) is 6.07 Å². The quantitative estimate of drug-likeness (QED) is 0.706. The van der Waals surface area contributed by atoms with Crippen LogP contribution in [-0.4, -0.2) is 6.04 Å². The molecule has 2 rings (SSSR count). The lowest BCUT2D eigenvalue weighted by molar-refractivity contribution is -0.137. The molecule has 0 heterocycles. The highest BCUT2D eigenvalue weighted by Gasteiger charge is 2.34. The Balaban J connectivity index is 2.17. The Morgan fingerprint density at radius 2 is 1.90 bits per heavy atom. The summed E-state index contributed by atoms with van der Waals surface area (Å²) in [4.78, 5) is 0. The van der Waals surface area contributed by atoms with Gasteiger partial charge in [-0.1, -0.05) is 32.4 Å². The predicted molar refractivity (Wildman–Crippen MR) is 80.7 cm³/mol. The molecule has 2 unspecified atom stereocenters. The SMILES string of the molecule is CC1CC(Nc2ccc(Cl)c(C(F)(F)F)c2)CC(C)(C)C1. The molecule has 118 valence electrons. The summed E-state index contributed by atoms with van der Waals surface area (Å²) in [5, 5.41) is 2.99. The van der Waals surface area contributed by atoms with Crippen molar-refractivity contribution in [3.63, 3.8) is 0 Å². The van der Waals surface area contributed by atoms with Crippen molar-refractivity contribution in [1.82, 2.24) is 0 Å². The summed E-state index contributed by atoms with van der Waals surface area (Å²) in [5.74, 6) is 0.570. The molecule has 1 aromatic carbocycles. The van der Waals surface area contributed by atoms with Crippen LogP contribution >= 0.6 is 11.6 Å². The molecule has 0 spiro atoms. The van der Waals surface area contributed by atoms with E-state index in [1.165, 1.54) is 6.07 Å². The second-order valence-electron chi connectivity index (χ2n) is 6.95. The van der Waals surface area contributed by atoms with E-state index in [0.717, 1.165) is 25.3 Å². The minimum atomic E-state index is -4.42. The van der Waals surface area contributed by atoms with Gasteiger partial charge in [0.2, 0.25) is 0 Å². The topological polar surface area (TPSA) is 12.0 Å². The largest absolute Gasteiger partial charge is 0.417 e. The Morgan fingerprint density at radius 3 is 2.48 bits per heavy atom. The van der Waals surface area contributed by atoms with Crippen molar-refractivity contribution in [2.24, 2.45) is 11.3 Å². The van der Waals surface area contributed by atoms with Crippen LogP contribution in [-0.2, 0) is 6.18 Å². The van der Waals surface area contributed by atoms with Crippen molar-refractivity contribution in [2.75, 3.05) is 5.32 Å². The maximum absolute atomic E-state index is 12.9. The zero-order chi connectivity index (χ0) is 15.8.